The molecule has 4 heteroatoms. The first-order chi connectivity index (χ1) is 11.3. The lowest BCUT2D eigenvalue weighted by atomic mass is 9.79. The number of Topliss-reactive ketones (excluding diaryl/α,β-unsaturated/α-hetero) is 2. The maximum absolute atomic E-state index is 12.7. The Morgan fingerprint density at radius 1 is 1.08 bits per heavy atom. The van der Waals surface area contributed by atoms with Gasteiger partial charge in [-0.2, -0.15) is 0 Å². The first kappa shape index (κ1) is 17.2. The lowest BCUT2D eigenvalue weighted by Gasteiger charge is -2.36. The van der Waals surface area contributed by atoms with E-state index in [4.69, 9.17) is 0 Å². The van der Waals surface area contributed by atoms with E-state index >= 15 is 0 Å². The molecule has 0 saturated carbocycles. The van der Waals surface area contributed by atoms with Gasteiger partial charge in [-0.1, -0.05) is 69.2 Å². The molecular formula is C20H26O3Si. The van der Waals surface area contributed by atoms with Crippen LogP contribution in [0.3, 0.4) is 0 Å². The van der Waals surface area contributed by atoms with Gasteiger partial charge in [-0.3, -0.25) is 9.59 Å². The summed E-state index contributed by atoms with van der Waals surface area (Å²) in [5.41, 5.74) is 1.06. The summed E-state index contributed by atoms with van der Waals surface area (Å²) in [6.07, 6.45) is 2.93. The van der Waals surface area contributed by atoms with Crippen molar-refractivity contribution in [3.05, 3.63) is 46.7 Å². The molecule has 1 aromatic carbocycles. The molecule has 1 heterocycles. The van der Waals surface area contributed by atoms with Crippen molar-refractivity contribution in [1.29, 1.82) is 0 Å². The van der Waals surface area contributed by atoms with Crippen LogP contribution in [-0.2, 0) is 0 Å². The van der Waals surface area contributed by atoms with E-state index < -0.39 is 13.9 Å². The third kappa shape index (κ3) is 3.12. The second kappa shape index (κ2) is 6.32. The maximum Gasteiger partial charge on any atom is 0.228 e. The number of allylic oxidation sites excluding steroid dienone is 2. The van der Waals surface area contributed by atoms with Gasteiger partial charge in [0.2, 0.25) is 5.78 Å². The van der Waals surface area contributed by atoms with Crippen molar-refractivity contribution in [1.82, 2.24) is 0 Å². The molecule has 24 heavy (non-hydrogen) atoms. The van der Waals surface area contributed by atoms with Crippen molar-refractivity contribution in [2.75, 3.05) is 0 Å². The van der Waals surface area contributed by atoms with Crippen LogP contribution in [0.25, 0.3) is 0 Å². The van der Waals surface area contributed by atoms with Crippen molar-refractivity contribution in [3.8, 4) is 0 Å². The van der Waals surface area contributed by atoms with Crippen LogP contribution in [0.15, 0.2) is 35.6 Å². The Morgan fingerprint density at radius 2 is 1.62 bits per heavy atom. The lowest BCUT2D eigenvalue weighted by Crippen LogP contribution is -2.33. The summed E-state index contributed by atoms with van der Waals surface area (Å²) in [7, 11) is -0.998. The summed E-state index contributed by atoms with van der Waals surface area (Å²) < 4.78 is 0. The molecule has 0 bridgehead atoms. The number of benzene rings is 1. The van der Waals surface area contributed by atoms with Crippen molar-refractivity contribution in [2.45, 2.75) is 51.4 Å². The van der Waals surface area contributed by atoms with E-state index in [-0.39, 0.29) is 11.5 Å². The summed E-state index contributed by atoms with van der Waals surface area (Å²) in [5, 5.41) is 10.3. The average Bonchev–Trinajstić information content (AvgIpc) is 2.56. The van der Waals surface area contributed by atoms with Gasteiger partial charge in [0, 0.05) is 24.8 Å². The monoisotopic (exact) mass is 342 g/mol. The van der Waals surface area contributed by atoms with Crippen molar-refractivity contribution >= 4 is 19.6 Å². The van der Waals surface area contributed by atoms with Gasteiger partial charge in [0.15, 0.2) is 11.5 Å². The fraction of sp³-hybridized carbons (Fsp3) is 0.500. The highest BCUT2D eigenvalue weighted by atomic mass is 28.3. The number of rotatable bonds is 3. The molecule has 1 atom stereocenters. The van der Waals surface area contributed by atoms with Crippen LogP contribution in [0.2, 0.25) is 25.2 Å². The summed E-state index contributed by atoms with van der Waals surface area (Å²) in [5.74, 6) is -0.0270. The molecule has 1 fully saturated rings. The molecule has 3 rings (SSSR count). The average molecular weight is 343 g/mol. The maximum atomic E-state index is 12.7. The van der Waals surface area contributed by atoms with E-state index in [9.17, 15) is 14.7 Å². The third-order valence-electron chi connectivity index (χ3n) is 5.91. The standard InChI is InChI=1S/C20H26O3Si/c1-13(14-8-10-24(2,3)11-9-14)12-17-18(21)15-6-4-5-7-16(15)19(22)20(17)23/h4-7,13-14,23H,8-12H2,1-3H3. The van der Waals surface area contributed by atoms with Crippen molar-refractivity contribution < 1.29 is 14.7 Å². The van der Waals surface area contributed by atoms with Gasteiger partial charge in [-0.15, -0.1) is 0 Å². The molecule has 0 spiro atoms. The Bertz CT molecular complexity index is 707. The Balaban J connectivity index is 1.79. The number of aliphatic hydroxyl groups is 1. The fourth-order valence-electron chi connectivity index (χ4n) is 4.08. The minimum Gasteiger partial charge on any atom is -0.504 e. The highest BCUT2D eigenvalue weighted by Gasteiger charge is 2.35. The van der Waals surface area contributed by atoms with Crippen LogP contribution in [0.4, 0.5) is 0 Å². The van der Waals surface area contributed by atoms with Crippen LogP contribution < -0.4 is 0 Å². The zero-order chi connectivity index (χ0) is 17.5. The van der Waals surface area contributed by atoms with Gasteiger partial charge < -0.3 is 5.11 Å². The zero-order valence-electron chi connectivity index (χ0n) is 14.8. The van der Waals surface area contributed by atoms with Gasteiger partial charge in [0.1, 0.15) is 0 Å². The van der Waals surface area contributed by atoms with Gasteiger partial charge in [-0.05, 0) is 18.3 Å². The third-order valence-corrected chi connectivity index (χ3v) is 9.19. The first-order valence-corrected chi connectivity index (χ1v) is 12.3. The Morgan fingerprint density at radius 3 is 2.21 bits per heavy atom. The number of aliphatic hydroxyl groups excluding tert-OH is 1. The van der Waals surface area contributed by atoms with Crippen LogP contribution in [-0.4, -0.2) is 24.7 Å². The topological polar surface area (TPSA) is 54.4 Å². The van der Waals surface area contributed by atoms with Gasteiger partial charge in [0.25, 0.3) is 0 Å². The molecule has 0 radical (unpaired) electrons. The van der Waals surface area contributed by atoms with E-state index in [1.165, 1.54) is 24.9 Å². The van der Waals surface area contributed by atoms with E-state index in [0.29, 0.717) is 35.0 Å². The quantitative estimate of drug-likeness (QED) is 0.785. The fourth-order valence-corrected chi connectivity index (χ4v) is 6.64. The van der Waals surface area contributed by atoms with Gasteiger partial charge in [-0.25, -0.2) is 0 Å². The largest absolute Gasteiger partial charge is 0.504 e. The van der Waals surface area contributed by atoms with Crippen LogP contribution in [0, 0.1) is 11.8 Å². The first-order valence-electron chi connectivity index (χ1n) is 8.91. The van der Waals surface area contributed by atoms with Crippen molar-refractivity contribution in [2.24, 2.45) is 11.8 Å². The molecule has 1 aromatic rings. The number of carbonyl (C=O) groups excluding carboxylic acids is 2. The van der Waals surface area contributed by atoms with E-state index in [0.717, 1.165) is 0 Å². The Labute approximate surface area is 144 Å². The SMILES string of the molecule is CC(CC1=C(O)C(=O)c2ccccc2C1=O)C1CC[Si](C)(C)CC1. The van der Waals surface area contributed by atoms with Gasteiger partial charge >= 0.3 is 0 Å². The zero-order valence-corrected chi connectivity index (χ0v) is 15.8. The van der Waals surface area contributed by atoms with E-state index in [1.807, 2.05) is 0 Å². The number of ketones is 2. The predicted molar refractivity (Wildman–Crippen MR) is 98.4 cm³/mol. The van der Waals surface area contributed by atoms with Crippen LogP contribution in [0.1, 0.15) is 46.9 Å². The molecule has 128 valence electrons. The summed E-state index contributed by atoms with van der Waals surface area (Å²) in [6, 6.07) is 9.45. The highest BCUT2D eigenvalue weighted by molar-refractivity contribution is 6.77. The minimum absolute atomic E-state index is 0.180. The molecule has 1 saturated heterocycles. The van der Waals surface area contributed by atoms with Crippen LogP contribution in [0.5, 0.6) is 0 Å². The van der Waals surface area contributed by atoms with E-state index in [1.54, 1.807) is 24.3 Å². The summed E-state index contributed by atoms with van der Waals surface area (Å²) in [4.78, 5) is 25.1. The Hall–Kier alpha value is -1.68. The summed E-state index contributed by atoms with van der Waals surface area (Å²) in [6.45, 7) is 7.05. The minimum atomic E-state index is -0.998. The lowest BCUT2D eigenvalue weighted by molar-refractivity contribution is 0.0922. The number of fused-ring (bicyclic) bond motifs is 1. The Kier molecular flexibility index (Phi) is 4.52. The second-order valence-corrected chi connectivity index (χ2v) is 13.5. The second-order valence-electron chi connectivity index (χ2n) is 8.21. The van der Waals surface area contributed by atoms with Gasteiger partial charge in [0.05, 0.1) is 0 Å². The smallest absolute Gasteiger partial charge is 0.228 e. The highest BCUT2D eigenvalue weighted by Crippen LogP contribution is 2.39. The van der Waals surface area contributed by atoms with E-state index in [2.05, 4.69) is 20.0 Å². The van der Waals surface area contributed by atoms with Crippen LogP contribution >= 0.6 is 0 Å². The predicted octanol–water partition coefficient (Wildman–Crippen LogP) is 5.02. The molecule has 1 unspecified atom stereocenters. The molecule has 1 aliphatic carbocycles. The molecule has 0 amide bonds. The molecular weight excluding hydrogens is 316 g/mol. The molecule has 0 aromatic heterocycles. The number of hydrogen-bond donors (Lipinski definition) is 1. The van der Waals surface area contributed by atoms with Crippen molar-refractivity contribution in [3.63, 3.8) is 0 Å². The number of hydrogen-bond acceptors (Lipinski definition) is 3. The number of carbonyl (C=O) groups is 2. The molecule has 2 aliphatic rings. The molecule has 1 aliphatic heterocycles. The molecule has 3 nitrogen and oxygen atoms in total. The normalized spacial score (nSPS) is 22.5. The summed E-state index contributed by atoms with van der Waals surface area (Å²) >= 11 is 0. The molecule has 1 N–H and O–H groups in total.